The van der Waals surface area contributed by atoms with Crippen LogP contribution < -0.4 is 10.6 Å². The van der Waals surface area contributed by atoms with Gasteiger partial charge in [-0.2, -0.15) is 0 Å². The van der Waals surface area contributed by atoms with Crippen LogP contribution in [-0.4, -0.2) is 6.03 Å². The zero-order chi connectivity index (χ0) is 16.3. The van der Waals surface area contributed by atoms with E-state index in [2.05, 4.69) is 22.8 Å². The molecule has 4 heteroatoms. The fourth-order valence-corrected chi connectivity index (χ4v) is 2.78. The smallest absolute Gasteiger partial charge is 0.319 e. The molecular weight excluding hydrogens is 296 g/mol. The van der Waals surface area contributed by atoms with Crippen LogP contribution in [0.25, 0.3) is 0 Å². The van der Waals surface area contributed by atoms with Crippen molar-refractivity contribution < 1.29 is 4.79 Å². The quantitative estimate of drug-likeness (QED) is 0.808. The van der Waals surface area contributed by atoms with Gasteiger partial charge in [-0.15, -0.1) is 0 Å². The highest BCUT2D eigenvalue weighted by molar-refractivity contribution is 6.30. The Balaban J connectivity index is 2.07. The van der Waals surface area contributed by atoms with Gasteiger partial charge in [0.1, 0.15) is 0 Å². The number of halogens is 1. The van der Waals surface area contributed by atoms with Crippen molar-refractivity contribution in [1.29, 1.82) is 0 Å². The third-order valence-corrected chi connectivity index (χ3v) is 3.85. The number of anilines is 1. The fourth-order valence-electron chi connectivity index (χ4n) is 2.58. The highest BCUT2D eigenvalue weighted by Crippen LogP contribution is 2.22. The summed E-state index contributed by atoms with van der Waals surface area (Å²) in [6.45, 7) is 7.97. The first-order chi connectivity index (χ1) is 10.4. The summed E-state index contributed by atoms with van der Waals surface area (Å²) in [6.07, 6.45) is 0. The van der Waals surface area contributed by atoms with E-state index in [0.29, 0.717) is 5.02 Å². The normalized spacial score (nSPS) is 11.9. The lowest BCUT2D eigenvalue weighted by Gasteiger charge is -2.17. The lowest BCUT2D eigenvalue weighted by atomic mass is 10.1. The van der Waals surface area contributed by atoms with E-state index in [1.54, 1.807) is 0 Å². The van der Waals surface area contributed by atoms with Gasteiger partial charge in [-0.3, -0.25) is 0 Å². The molecule has 0 unspecified atom stereocenters. The maximum Gasteiger partial charge on any atom is 0.319 e. The molecule has 0 bridgehead atoms. The number of hydrogen-bond donors (Lipinski definition) is 2. The van der Waals surface area contributed by atoms with Gasteiger partial charge in [0.05, 0.1) is 6.04 Å². The van der Waals surface area contributed by atoms with Crippen molar-refractivity contribution in [1.82, 2.24) is 5.32 Å². The molecule has 0 aliphatic heterocycles. The molecule has 0 aromatic heterocycles. The van der Waals surface area contributed by atoms with Gasteiger partial charge in [0.15, 0.2) is 0 Å². The number of benzene rings is 2. The predicted octanol–water partition coefficient (Wildman–Crippen LogP) is 5.15. The summed E-state index contributed by atoms with van der Waals surface area (Å²) in [5.74, 6) is 0. The van der Waals surface area contributed by atoms with Crippen LogP contribution in [0.15, 0.2) is 36.4 Å². The van der Waals surface area contributed by atoms with Gasteiger partial charge >= 0.3 is 6.03 Å². The minimum atomic E-state index is -0.220. The van der Waals surface area contributed by atoms with Gasteiger partial charge in [-0.05, 0) is 56.5 Å². The Hall–Kier alpha value is -2.00. The summed E-state index contributed by atoms with van der Waals surface area (Å²) in [4.78, 5) is 12.2. The van der Waals surface area contributed by atoms with Crippen LogP contribution in [0, 0.1) is 20.8 Å². The van der Waals surface area contributed by atoms with Crippen LogP contribution in [0.1, 0.15) is 35.2 Å². The number of aryl methyl sites for hydroxylation is 3. The van der Waals surface area contributed by atoms with Crippen LogP contribution >= 0.6 is 11.6 Å². The third-order valence-electron chi connectivity index (χ3n) is 3.61. The van der Waals surface area contributed by atoms with Gasteiger partial charge in [0.2, 0.25) is 0 Å². The molecule has 0 saturated heterocycles. The van der Waals surface area contributed by atoms with Crippen LogP contribution in [0.5, 0.6) is 0 Å². The van der Waals surface area contributed by atoms with E-state index in [-0.39, 0.29) is 12.1 Å². The van der Waals surface area contributed by atoms with E-state index < -0.39 is 0 Å². The minimum Gasteiger partial charge on any atom is -0.331 e. The zero-order valence-electron chi connectivity index (χ0n) is 13.3. The highest BCUT2D eigenvalue weighted by Gasteiger charge is 2.12. The Labute approximate surface area is 136 Å². The highest BCUT2D eigenvalue weighted by atomic mass is 35.5. The molecule has 22 heavy (non-hydrogen) atoms. The molecule has 116 valence electrons. The number of carbonyl (C=O) groups is 1. The Morgan fingerprint density at radius 3 is 2.32 bits per heavy atom. The largest absolute Gasteiger partial charge is 0.331 e. The molecule has 2 rings (SSSR count). The molecule has 2 aromatic carbocycles. The second-order valence-corrected chi connectivity index (χ2v) is 6.09. The summed E-state index contributed by atoms with van der Waals surface area (Å²) in [5, 5.41) is 6.53. The molecule has 2 amide bonds. The van der Waals surface area contributed by atoms with E-state index >= 15 is 0 Å². The molecule has 0 saturated carbocycles. The van der Waals surface area contributed by atoms with Crippen molar-refractivity contribution in [3.8, 4) is 0 Å². The van der Waals surface area contributed by atoms with E-state index in [9.17, 15) is 4.79 Å². The van der Waals surface area contributed by atoms with Gasteiger partial charge in [-0.25, -0.2) is 4.79 Å². The van der Waals surface area contributed by atoms with Crippen LogP contribution in [0.2, 0.25) is 5.02 Å². The molecule has 3 nitrogen and oxygen atoms in total. The number of hydrogen-bond acceptors (Lipinski definition) is 1. The topological polar surface area (TPSA) is 41.1 Å². The molecule has 1 atom stereocenters. The summed E-state index contributed by atoms with van der Waals surface area (Å²) in [6, 6.07) is 11.3. The molecule has 0 aliphatic carbocycles. The number of amides is 2. The van der Waals surface area contributed by atoms with Gasteiger partial charge in [-0.1, -0.05) is 41.4 Å². The molecule has 2 aromatic rings. The summed E-state index contributed by atoms with van der Waals surface area (Å²) < 4.78 is 0. The number of urea groups is 1. The van der Waals surface area contributed by atoms with Crippen molar-refractivity contribution in [3.05, 3.63) is 63.7 Å². The molecule has 2 N–H and O–H groups in total. The molecule has 0 heterocycles. The number of nitrogens with one attached hydrogen (secondary N) is 2. The van der Waals surface area contributed by atoms with E-state index in [4.69, 9.17) is 11.6 Å². The minimum absolute atomic E-state index is 0.121. The second-order valence-electron chi connectivity index (χ2n) is 5.65. The van der Waals surface area contributed by atoms with E-state index in [0.717, 1.165) is 22.4 Å². The van der Waals surface area contributed by atoms with Crippen molar-refractivity contribution in [2.24, 2.45) is 0 Å². The summed E-state index contributed by atoms with van der Waals surface area (Å²) >= 11 is 5.98. The van der Waals surface area contributed by atoms with E-state index in [1.807, 2.05) is 52.0 Å². The molecule has 0 spiro atoms. The number of rotatable bonds is 3. The second kappa shape index (κ2) is 6.84. The van der Waals surface area contributed by atoms with Crippen LogP contribution in [-0.2, 0) is 0 Å². The standard InChI is InChI=1S/C18H21ClN2O/c1-11-8-12(2)17(13(3)9-11)21-18(22)20-14(4)15-6-5-7-16(19)10-15/h5-10,14H,1-4H3,(H2,20,21,22)/t14-/m1/s1. The van der Waals surface area contributed by atoms with Crippen molar-refractivity contribution >= 4 is 23.3 Å². The Morgan fingerprint density at radius 2 is 1.73 bits per heavy atom. The Kier molecular flexibility index (Phi) is 5.09. The maximum absolute atomic E-state index is 12.2. The van der Waals surface area contributed by atoms with Crippen molar-refractivity contribution in [2.75, 3.05) is 5.32 Å². The molecule has 0 radical (unpaired) electrons. The van der Waals surface area contributed by atoms with Crippen LogP contribution in [0.3, 0.4) is 0 Å². The monoisotopic (exact) mass is 316 g/mol. The Bertz CT molecular complexity index is 674. The molecular formula is C18H21ClN2O. The molecule has 0 aliphatic rings. The number of carbonyl (C=O) groups excluding carboxylic acids is 1. The first kappa shape index (κ1) is 16.4. The average Bonchev–Trinajstić information content (AvgIpc) is 2.42. The first-order valence-electron chi connectivity index (χ1n) is 7.27. The van der Waals surface area contributed by atoms with Gasteiger partial charge < -0.3 is 10.6 Å². The third kappa shape index (κ3) is 4.01. The van der Waals surface area contributed by atoms with Crippen LogP contribution in [0.4, 0.5) is 10.5 Å². The first-order valence-corrected chi connectivity index (χ1v) is 7.65. The van der Waals surface area contributed by atoms with Crippen molar-refractivity contribution in [3.63, 3.8) is 0 Å². The maximum atomic E-state index is 12.2. The van der Waals surface area contributed by atoms with Crippen molar-refractivity contribution in [2.45, 2.75) is 33.7 Å². The van der Waals surface area contributed by atoms with Gasteiger partial charge in [0, 0.05) is 10.7 Å². The SMILES string of the molecule is Cc1cc(C)c(NC(=O)N[C@H](C)c2cccc(Cl)c2)c(C)c1. The lowest BCUT2D eigenvalue weighted by Crippen LogP contribution is -2.31. The fraction of sp³-hybridized carbons (Fsp3) is 0.278. The van der Waals surface area contributed by atoms with E-state index in [1.165, 1.54) is 5.56 Å². The Morgan fingerprint density at radius 1 is 1.09 bits per heavy atom. The predicted molar refractivity (Wildman–Crippen MR) is 92.7 cm³/mol. The zero-order valence-corrected chi connectivity index (χ0v) is 14.1. The van der Waals surface area contributed by atoms with Gasteiger partial charge in [0.25, 0.3) is 0 Å². The summed E-state index contributed by atoms with van der Waals surface area (Å²) in [7, 11) is 0. The lowest BCUT2D eigenvalue weighted by molar-refractivity contribution is 0.249. The molecule has 0 fully saturated rings. The average molecular weight is 317 g/mol. The summed E-state index contributed by atoms with van der Waals surface area (Å²) in [5.41, 5.74) is 5.14.